The number of aromatic nitrogens is 2. The smallest absolute Gasteiger partial charge is 0.374 e. The van der Waals surface area contributed by atoms with E-state index in [1.807, 2.05) is 24.3 Å². The molecule has 1 aliphatic heterocycles. The van der Waals surface area contributed by atoms with Crippen molar-refractivity contribution in [3.8, 4) is 0 Å². The standard InChI is InChI=1S/C14H16N4O2/c19-14(20)12-16-11-5-2-1-4-10(11)13(17-12)18-8-3-6-15-7-9-18/h1-2,4-5,15H,3,6-9H2,(H,19,20). The van der Waals surface area contributed by atoms with Gasteiger partial charge in [0.25, 0.3) is 0 Å². The van der Waals surface area contributed by atoms with Crippen molar-refractivity contribution in [1.82, 2.24) is 15.3 Å². The second kappa shape index (κ2) is 5.42. The number of carboxylic acids is 1. The first-order valence-electron chi connectivity index (χ1n) is 6.71. The van der Waals surface area contributed by atoms with Crippen LogP contribution in [0.2, 0.25) is 0 Å². The number of rotatable bonds is 2. The number of fused-ring (bicyclic) bond motifs is 1. The van der Waals surface area contributed by atoms with Gasteiger partial charge in [0.1, 0.15) is 5.82 Å². The maximum atomic E-state index is 11.2. The fourth-order valence-electron chi connectivity index (χ4n) is 2.45. The molecule has 1 aliphatic rings. The van der Waals surface area contributed by atoms with Crippen molar-refractivity contribution < 1.29 is 9.90 Å². The number of benzene rings is 1. The molecule has 0 aliphatic carbocycles. The third-order valence-corrected chi connectivity index (χ3v) is 3.41. The third kappa shape index (κ3) is 2.42. The lowest BCUT2D eigenvalue weighted by molar-refractivity contribution is 0.0684. The Bertz CT molecular complexity index is 636. The van der Waals surface area contributed by atoms with Gasteiger partial charge in [-0.2, -0.15) is 0 Å². The van der Waals surface area contributed by atoms with Crippen LogP contribution in [0.5, 0.6) is 0 Å². The van der Waals surface area contributed by atoms with Gasteiger partial charge in [0.15, 0.2) is 0 Å². The highest BCUT2D eigenvalue weighted by atomic mass is 16.4. The summed E-state index contributed by atoms with van der Waals surface area (Å²) in [7, 11) is 0. The van der Waals surface area contributed by atoms with E-state index >= 15 is 0 Å². The summed E-state index contributed by atoms with van der Waals surface area (Å²) in [5.74, 6) is -0.516. The molecular formula is C14H16N4O2. The third-order valence-electron chi connectivity index (χ3n) is 3.41. The SMILES string of the molecule is O=C(O)c1nc(N2CCCNCC2)c2ccccc2n1. The van der Waals surface area contributed by atoms with Crippen LogP contribution in [0, 0.1) is 0 Å². The Kier molecular flexibility index (Phi) is 3.47. The molecule has 20 heavy (non-hydrogen) atoms. The number of hydrogen-bond donors (Lipinski definition) is 2. The molecule has 6 nitrogen and oxygen atoms in total. The van der Waals surface area contributed by atoms with E-state index < -0.39 is 5.97 Å². The highest BCUT2D eigenvalue weighted by Crippen LogP contribution is 2.24. The van der Waals surface area contributed by atoms with Crippen LogP contribution in [0.25, 0.3) is 10.9 Å². The molecule has 1 fully saturated rings. The molecule has 2 heterocycles. The molecule has 1 saturated heterocycles. The van der Waals surface area contributed by atoms with Crippen LogP contribution < -0.4 is 10.2 Å². The molecule has 1 aromatic heterocycles. The molecule has 0 amide bonds. The van der Waals surface area contributed by atoms with Crippen LogP contribution >= 0.6 is 0 Å². The lowest BCUT2D eigenvalue weighted by Gasteiger charge is -2.22. The highest BCUT2D eigenvalue weighted by molar-refractivity contribution is 5.93. The van der Waals surface area contributed by atoms with Crippen LogP contribution in [0.4, 0.5) is 5.82 Å². The Balaban J connectivity index is 2.13. The summed E-state index contributed by atoms with van der Waals surface area (Å²) in [6.07, 6.45) is 1.01. The van der Waals surface area contributed by atoms with Gasteiger partial charge in [-0.15, -0.1) is 0 Å². The van der Waals surface area contributed by atoms with Gasteiger partial charge in [-0.3, -0.25) is 0 Å². The number of para-hydroxylation sites is 1. The molecule has 0 saturated carbocycles. The summed E-state index contributed by atoms with van der Waals surface area (Å²) in [4.78, 5) is 21.7. The predicted octanol–water partition coefficient (Wildman–Crippen LogP) is 1.13. The van der Waals surface area contributed by atoms with Crippen LogP contribution in [-0.4, -0.2) is 47.2 Å². The molecule has 6 heteroatoms. The topological polar surface area (TPSA) is 78.3 Å². The highest BCUT2D eigenvalue weighted by Gasteiger charge is 2.18. The first-order valence-corrected chi connectivity index (χ1v) is 6.71. The number of anilines is 1. The van der Waals surface area contributed by atoms with Crippen molar-refractivity contribution in [1.29, 1.82) is 0 Å². The molecule has 1 aromatic carbocycles. The van der Waals surface area contributed by atoms with E-state index in [1.54, 1.807) is 0 Å². The quantitative estimate of drug-likeness (QED) is 0.853. The monoisotopic (exact) mass is 272 g/mol. The average molecular weight is 272 g/mol. The minimum absolute atomic E-state index is 0.143. The number of nitrogens with one attached hydrogen (secondary N) is 1. The lowest BCUT2D eigenvalue weighted by atomic mass is 10.2. The number of hydrogen-bond acceptors (Lipinski definition) is 5. The summed E-state index contributed by atoms with van der Waals surface area (Å²) >= 11 is 0. The van der Waals surface area contributed by atoms with Crippen LogP contribution in [0.15, 0.2) is 24.3 Å². The number of nitrogens with zero attached hydrogens (tertiary/aromatic N) is 3. The zero-order chi connectivity index (χ0) is 13.9. The Morgan fingerprint density at radius 2 is 2.05 bits per heavy atom. The Morgan fingerprint density at radius 3 is 2.90 bits per heavy atom. The van der Waals surface area contributed by atoms with Crippen LogP contribution in [0.1, 0.15) is 17.0 Å². The summed E-state index contributed by atoms with van der Waals surface area (Å²) < 4.78 is 0. The van der Waals surface area contributed by atoms with E-state index in [4.69, 9.17) is 5.11 Å². The van der Waals surface area contributed by atoms with Crippen molar-refractivity contribution in [2.45, 2.75) is 6.42 Å². The van der Waals surface area contributed by atoms with Crippen molar-refractivity contribution in [2.24, 2.45) is 0 Å². The Labute approximate surface area is 116 Å². The summed E-state index contributed by atoms with van der Waals surface area (Å²) in [6.45, 7) is 3.54. The molecule has 0 spiro atoms. The second-order valence-electron chi connectivity index (χ2n) is 4.78. The van der Waals surface area contributed by atoms with Crippen molar-refractivity contribution >= 4 is 22.7 Å². The van der Waals surface area contributed by atoms with E-state index in [0.29, 0.717) is 5.52 Å². The fourth-order valence-corrected chi connectivity index (χ4v) is 2.45. The molecule has 0 atom stereocenters. The van der Waals surface area contributed by atoms with Gasteiger partial charge in [0.05, 0.1) is 5.52 Å². The van der Waals surface area contributed by atoms with Gasteiger partial charge < -0.3 is 15.3 Å². The molecular weight excluding hydrogens is 256 g/mol. The zero-order valence-corrected chi connectivity index (χ0v) is 11.0. The van der Waals surface area contributed by atoms with E-state index in [-0.39, 0.29) is 5.82 Å². The van der Waals surface area contributed by atoms with Gasteiger partial charge >= 0.3 is 5.97 Å². The predicted molar refractivity (Wildman–Crippen MR) is 76.2 cm³/mol. The number of carbonyl (C=O) groups is 1. The first-order chi connectivity index (χ1) is 9.75. The largest absolute Gasteiger partial charge is 0.475 e. The maximum absolute atomic E-state index is 11.2. The summed E-state index contributed by atoms with van der Waals surface area (Å²) in [6, 6.07) is 7.54. The van der Waals surface area contributed by atoms with Gasteiger partial charge in [0, 0.05) is 25.0 Å². The summed E-state index contributed by atoms with van der Waals surface area (Å²) in [5, 5.41) is 13.4. The van der Waals surface area contributed by atoms with Crippen molar-refractivity contribution in [2.75, 3.05) is 31.1 Å². The molecule has 0 bridgehead atoms. The van der Waals surface area contributed by atoms with E-state index in [9.17, 15) is 4.79 Å². The molecule has 2 N–H and O–H groups in total. The van der Waals surface area contributed by atoms with E-state index in [1.165, 1.54) is 0 Å². The van der Waals surface area contributed by atoms with Gasteiger partial charge in [-0.05, 0) is 25.1 Å². The fraction of sp³-hybridized carbons (Fsp3) is 0.357. The molecule has 3 rings (SSSR count). The van der Waals surface area contributed by atoms with Gasteiger partial charge in [-0.25, -0.2) is 14.8 Å². The van der Waals surface area contributed by atoms with Crippen molar-refractivity contribution in [3.05, 3.63) is 30.1 Å². The lowest BCUT2D eigenvalue weighted by Crippen LogP contribution is -2.29. The second-order valence-corrected chi connectivity index (χ2v) is 4.78. The van der Waals surface area contributed by atoms with Crippen LogP contribution in [0.3, 0.4) is 0 Å². The molecule has 104 valence electrons. The maximum Gasteiger partial charge on any atom is 0.374 e. The zero-order valence-electron chi connectivity index (χ0n) is 11.0. The Morgan fingerprint density at radius 1 is 1.20 bits per heavy atom. The molecule has 0 radical (unpaired) electrons. The number of aromatic carboxylic acids is 1. The van der Waals surface area contributed by atoms with Crippen molar-refractivity contribution in [3.63, 3.8) is 0 Å². The minimum Gasteiger partial charge on any atom is -0.475 e. The van der Waals surface area contributed by atoms with Crippen LogP contribution in [-0.2, 0) is 0 Å². The average Bonchev–Trinajstić information content (AvgIpc) is 2.75. The molecule has 2 aromatic rings. The van der Waals surface area contributed by atoms with E-state index in [0.717, 1.165) is 43.8 Å². The molecule has 0 unspecified atom stereocenters. The normalized spacial score (nSPS) is 16.1. The minimum atomic E-state index is -1.09. The van der Waals surface area contributed by atoms with Gasteiger partial charge in [0.2, 0.25) is 5.82 Å². The Hall–Kier alpha value is -2.21. The van der Waals surface area contributed by atoms with Gasteiger partial charge in [-0.1, -0.05) is 12.1 Å². The first kappa shape index (κ1) is 12.8. The number of carboxylic acid groups (broad SMARTS) is 1. The summed E-state index contributed by atoms with van der Waals surface area (Å²) in [5.41, 5.74) is 0.673. The van der Waals surface area contributed by atoms with E-state index in [2.05, 4.69) is 20.2 Å².